The Morgan fingerprint density at radius 1 is 1.17 bits per heavy atom. The van der Waals surface area contributed by atoms with Crippen LogP contribution in [0.15, 0.2) is 65.8 Å². The van der Waals surface area contributed by atoms with Crippen molar-refractivity contribution in [3.8, 4) is 11.5 Å². The number of cyclic esters (lactones) is 1. The fourth-order valence-electron chi connectivity index (χ4n) is 2.57. The number of nitro benzene ring substituents is 1. The average molecular weight is 394 g/mol. The summed E-state index contributed by atoms with van der Waals surface area (Å²) in [5, 5.41) is 10.8. The summed E-state index contributed by atoms with van der Waals surface area (Å²) in [4.78, 5) is 26.6. The van der Waals surface area contributed by atoms with Gasteiger partial charge in [0, 0.05) is 17.7 Å². The van der Waals surface area contributed by atoms with Crippen molar-refractivity contribution in [1.29, 1.82) is 0 Å². The molecule has 1 heterocycles. The molecule has 0 N–H and O–H groups in total. The van der Waals surface area contributed by atoms with E-state index in [9.17, 15) is 14.9 Å². The van der Waals surface area contributed by atoms with Crippen molar-refractivity contribution >= 4 is 23.6 Å². The molecular formula is C21H18N2O6. The van der Waals surface area contributed by atoms with E-state index in [0.29, 0.717) is 35.8 Å². The van der Waals surface area contributed by atoms with E-state index in [2.05, 4.69) is 11.6 Å². The number of non-ortho nitro benzene ring substituents is 1. The number of carbonyl (C=O) groups excluding carboxylic acids is 1. The first kappa shape index (κ1) is 19.8. The van der Waals surface area contributed by atoms with Gasteiger partial charge < -0.3 is 14.2 Å². The third kappa shape index (κ3) is 4.67. The summed E-state index contributed by atoms with van der Waals surface area (Å²) in [6.07, 6.45) is 3.20. The van der Waals surface area contributed by atoms with Crippen molar-refractivity contribution in [1.82, 2.24) is 0 Å². The SMILES string of the molecule is C=CCOc1ccc(/C=C2\N=C(c3ccc([N+](=O)[O-])cc3)OC2=O)cc1OCC. The van der Waals surface area contributed by atoms with E-state index in [1.54, 1.807) is 30.4 Å². The molecule has 0 atom stereocenters. The highest BCUT2D eigenvalue weighted by Crippen LogP contribution is 2.30. The van der Waals surface area contributed by atoms with Crippen LogP contribution in [0.4, 0.5) is 5.69 Å². The third-order valence-corrected chi connectivity index (χ3v) is 3.87. The summed E-state index contributed by atoms with van der Waals surface area (Å²) in [6, 6.07) is 10.8. The highest BCUT2D eigenvalue weighted by atomic mass is 16.6. The highest BCUT2D eigenvalue weighted by Gasteiger charge is 2.24. The first-order valence-corrected chi connectivity index (χ1v) is 8.79. The number of hydrogen-bond donors (Lipinski definition) is 0. The molecular weight excluding hydrogens is 376 g/mol. The summed E-state index contributed by atoms with van der Waals surface area (Å²) in [6.45, 7) is 6.27. The smallest absolute Gasteiger partial charge is 0.363 e. The Balaban J connectivity index is 1.87. The minimum absolute atomic E-state index is 0.0587. The van der Waals surface area contributed by atoms with Gasteiger partial charge in [0.05, 0.1) is 11.5 Å². The molecule has 3 rings (SSSR count). The molecule has 2 aromatic carbocycles. The zero-order valence-electron chi connectivity index (χ0n) is 15.7. The molecule has 1 aliphatic heterocycles. The number of aliphatic imine (C=N–C) groups is 1. The fourth-order valence-corrected chi connectivity index (χ4v) is 2.57. The quantitative estimate of drug-likeness (QED) is 0.221. The van der Waals surface area contributed by atoms with Crippen molar-refractivity contribution in [3.05, 3.63) is 82.1 Å². The summed E-state index contributed by atoms with van der Waals surface area (Å²) < 4.78 is 16.3. The van der Waals surface area contributed by atoms with Crippen LogP contribution in [0.1, 0.15) is 18.1 Å². The van der Waals surface area contributed by atoms with Crippen LogP contribution in [0.5, 0.6) is 11.5 Å². The van der Waals surface area contributed by atoms with Crippen LogP contribution in [-0.4, -0.2) is 30.0 Å². The summed E-state index contributed by atoms with van der Waals surface area (Å²) in [5.41, 5.74) is 1.20. The predicted octanol–water partition coefficient (Wildman–Crippen LogP) is 3.90. The maximum absolute atomic E-state index is 12.2. The first-order valence-electron chi connectivity index (χ1n) is 8.79. The number of nitrogens with zero attached hydrogens (tertiary/aromatic N) is 2. The number of esters is 1. The van der Waals surface area contributed by atoms with E-state index >= 15 is 0 Å². The third-order valence-electron chi connectivity index (χ3n) is 3.87. The van der Waals surface area contributed by atoms with Gasteiger partial charge in [-0.3, -0.25) is 10.1 Å². The second kappa shape index (κ2) is 8.83. The Hall–Kier alpha value is -3.94. The minimum atomic E-state index is -0.608. The van der Waals surface area contributed by atoms with Crippen LogP contribution in [0.2, 0.25) is 0 Å². The lowest BCUT2D eigenvalue weighted by Gasteiger charge is -2.11. The van der Waals surface area contributed by atoms with Crippen LogP contribution >= 0.6 is 0 Å². The molecule has 8 heteroatoms. The molecule has 0 spiro atoms. The van der Waals surface area contributed by atoms with Gasteiger partial charge in [-0.05, 0) is 42.8 Å². The Kier molecular flexibility index (Phi) is 6.03. The molecule has 0 saturated carbocycles. The maximum Gasteiger partial charge on any atom is 0.363 e. The molecule has 0 aliphatic carbocycles. The van der Waals surface area contributed by atoms with Gasteiger partial charge in [-0.2, -0.15) is 0 Å². The van der Waals surface area contributed by atoms with E-state index < -0.39 is 10.9 Å². The van der Waals surface area contributed by atoms with Gasteiger partial charge in [-0.25, -0.2) is 9.79 Å². The molecule has 0 radical (unpaired) electrons. The van der Waals surface area contributed by atoms with Crippen LogP contribution in [-0.2, 0) is 9.53 Å². The molecule has 0 bridgehead atoms. The molecule has 1 aliphatic rings. The Morgan fingerprint density at radius 3 is 2.59 bits per heavy atom. The molecule has 29 heavy (non-hydrogen) atoms. The number of ether oxygens (including phenoxy) is 3. The van der Waals surface area contributed by atoms with E-state index in [1.165, 1.54) is 24.3 Å². The Morgan fingerprint density at radius 2 is 1.93 bits per heavy atom. The van der Waals surface area contributed by atoms with Crippen LogP contribution in [0, 0.1) is 10.1 Å². The van der Waals surface area contributed by atoms with Gasteiger partial charge in [-0.15, -0.1) is 0 Å². The largest absolute Gasteiger partial charge is 0.490 e. The van der Waals surface area contributed by atoms with Crippen molar-refractivity contribution in [2.24, 2.45) is 4.99 Å². The normalized spacial score (nSPS) is 14.3. The lowest BCUT2D eigenvalue weighted by molar-refractivity contribution is -0.384. The zero-order valence-corrected chi connectivity index (χ0v) is 15.7. The average Bonchev–Trinajstić information content (AvgIpc) is 3.08. The molecule has 148 valence electrons. The first-order chi connectivity index (χ1) is 14.0. The van der Waals surface area contributed by atoms with Crippen molar-refractivity contribution in [2.45, 2.75) is 6.92 Å². The van der Waals surface area contributed by atoms with Gasteiger partial charge in [0.1, 0.15) is 6.61 Å². The summed E-state index contributed by atoms with van der Waals surface area (Å²) in [5.74, 6) is 0.586. The number of carbonyl (C=O) groups is 1. The Bertz CT molecular complexity index is 1010. The maximum atomic E-state index is 12.2. The molecule has 0 fully saturated rings. The van der Waals surface area contributed by atoms with Crippen molar-refractivity contribution < 1.29 is 23.9 Å². The van der Waals surface area contributed by atoms with Crippen LogP contribution in [0.3, 0.4) is 0 Å². The van der Waals surface area contributed by atoms with Crippen molar-refractivity contribution in [3.63, 3.8) is 0 Å². The van der Waals surface area contributed by atoms with Gasteiger partial charge in [0.2, 0.25) is 5.90 Å². The zero-order chi connectivity index (χ0) is 20.8. The predicted molar refractivity (Wildman–Crippen MR) is 107 cm³/mol. The van der Waals surface area contributed by atoms with Gasteiger partial charge in [0.25, 0.3) is 5.69 Å². The lowest BCUT2D eigenvalue weighted by Crippen LogP contribution is -2.05. The van der Waals surface area contributed by atoms with E-state index in [4.69, 9.17) is 14.2 Å². The van der Waals surface area contributed by atoms with Crippen LogP contribution < -0.4 is 9.47 Å². The molecule has 2 aromatic rings. The van der Waals surface area contributed by atoms with Crippen molar-refractivity contribution in [2.75, 3.05) is 13.2 Å². The van der Waals surface area contributed by atoms with Gasteiger partial charge in [-0.1, -0.05) is 18.7 Å². The topological polar surface area (TPSA) is 100 Å². The lowest BCUT2D eigenvalue weighted by atomic mass is 10.1. The Labute approximate surface area is 166 Å². The summed E-state index contributed by atoms with van der Waals surface area (Å²) in [7, 11) is 0. The highest BCUT2D eigenvalue weighted by molar-refractivity contribution is 6.12. The molecule has 0 saturated heterocycles. The second-order valence-electron chi connectivity index (χ2n) is 5.88. The van der Waals surface area contributed by atoms with E-state index in [1.807, 2.05) is 6.92 Å². The monoisotopic (exact) mass is 394 g/mol. The molecule has 0 amide bonds. The minimum Gasteiger partial charge on any atom is -0.490 e. The standard InChI is InChI=1S/C21H18N2O6/c1-3-11-28-18-10-5-14(13-19(18)27-4-2)12-17-21(24)29-20(22-17)15-6-8-16(9-7-15)23(25)26/h3,5-10,12-13H,1,4,11H2,2H3/b17-12-. The number of hydrogen-bond acceptors (Lipinski definition) is 7. The fraction of sp³-hybridized carbons (Fsp3) is 0.143. The van der Waals surface area contributed by atoms with E-state index in [-0.39, 0.29) is 17.3 Å². The van der Waals surface area contributed by atoms with Crippen LogP contribution in [0.25, 0.3) is 6.08 Å². The number of benzene rings is 2. The van der Waals surface area contributed by atoms with Gasteiger partial charge in [0.15, 0.2) is 17.2 Å². The number of nitro groups is 1. The molecule has 0 aromatic heterocycles. The molecule has 8 nitrogen and oxygen atoms in total. The number of rotatable bonds is 8. The molecule has 0 unspecified atom stereocenters. The van der Waals surface area contributed by atoms with Gasteiger partial charge >= 0.3 is 5.97 Å². The van der Waals surface area contributed by atoms with E-state index in [0.717, 1.165) is 0 Å². The summed E-state index contributed by atoms with van der Waals surface area (Å²) >= 11 is 0. The second-order valence-corrected chi connectivity index (χ2v) is 5.88.